The zero-order valence-electron chi connectivity index (χ0n) is 18.1. The zero-order valence-corrected chi connectivity index (χ0v) is 18.1. The third kappa shape index (κ3) is 5.27. The van der Waals surface area contributed by atoms with E-state index in [0.29, 0.717) is 17.9 Å². The Morgan fingerprint density at radius 3 is 2.66 bits per heavy atom. The SMILES string of the molecule is Cc1ccc(C(=O)N/C(=C\c2ccco2)C(=O)NCCCN2CCc3ccccc32)cc1. The Kier molecular flexibility index (Phi) is 6.70. The summed E-state index contributed by atoms with van der Waals surface area (Å²) < 4.78 is 5.33. The molecule has 6 nitrogen and oxygen atoms in total. The maximum absolute atomic E-state index is 12.8. The van der Waals surface area contributed by atoms with Gasteiger partial charge in [-0.3, -0.25) is 9.59 Å². The van der Waals surface area contributed by atoms with Crippen molar-refractivity contribution in [2.45, 2.75) is 19.8 Å². The van der Waals surface area contributed by atoms with E-state index in [0.717, 1.165) is 31.5 Å². The molecule has 0 aliphatic carbocycles. The first kappa shape index (κ1) is 21.4. The van der Waals surface area contributed by atoms with Gasteiger partial charge >= 0.3 is 0 Å². The zero-order chi connectivity index (χ0) is 22.3. The van der Waals surface area contributed by atoms with Gasteiger partial charge in [0, 0.05) is 37.0 Å². The second-order valence-corrected chi connectivity index (χ2v) is 7.87. The quantitative estimate of drug-likeness (QED) is 0.420. The number of hydrogen-bond acceptors (Lipinski definition) is 4. The first-order valence-corrected chi connectivity index (χ1v) is 10.8. The molecular weight excluding hydrogens is 402 g/mol. The average molecular weight is 430 g/mol. The van der Waals surface area contributed by atoms with Gasteiger partial charge in [0.1, 0.15) is 11.5 Å². The Bertz CT molecular complexity index is 1100. The fourth-order valence-electron chi connectivity index (χ4n) is 3.78. The lowest BCUT2D eigenvalue weighted by Crippen LogP contribution is -2.36. The molecule has 4 rings (SSSR count). The van der Waals surface area contributed by atoms with E-state index in [1.807, 2.05) is 19.1 Å². The van der Waals surface area contributed by atoms with Crippen molar-refractivity contribution in [2.24, 2.45) is 0 Å². The number of carbonyl (C=O) groups excluding carboxylic acids is 2. The number of carbonyl (C=O) groups is 2. The first-order chi connectivity index (χ1) is 15.6. The van der Waals surface area contributed by atoms with Crippen molar-refractivity contribution in [1.29, 1.82) is 0 Å². The fourth-order valence-corrected chi connectivity index (χ4v) is 3.78. The number of anilines is 1. The summed E-state index contributed by atoms with van der Waals surface area (Å²) in [6, 6.07) is 19.1. The number of aryl methyl sites for hydroxylation is 1. The minimum absolute atomic E-state index is 0.150. The van der Waals surface area contributed by atoms with Crippen molar-refractivity contribution in [1.82, 2.24) is 10.6 Å². The largest absolute Gasteiger partial charge is 0.465 e. The molecule has 0 fully saturated rings. The van der Waals surface area contributed by atoms with Crippen molar-refractivity contribution < 1.29 is 14.0 Å². The predicted molar refractivity (Wildman–Crippen MR) is 125 cm³/mol. The summed E-state index contributed by atoms with van der Waals surface area (Å²) in [5, 5.41) is 5.64. The molecule has 0 spiro atoms. The van der Waals surface area contributed by atoms with Gasteiger partial charge < -0.3 is 20.0 Å². The highest BCUT2D eigenvalue weighted by atomic mass is 16.3. The molecule has 0 saturated heterocycles. The van der Waals surface area contributed by atoms with E-state index >= 15 is 0 Å². The summed E-state index contributed by atoms with van der Waals surface area (Å²) in [5.41, 5.74) is 4.35. The summed E-state index contributed by atoms with van der Waals surface area (Å²) in [5.74, 6) is -0.191. The van der Waals surface area contributed by atoms with Crippen molar-refractivity contribution in [3.8, 4) is 0 Å². The van der Waals surface area contributed by atoms with Crippen LogP contribution >= 0.6 is 0 Å². The molecule has 3 aromatic rings. The van der Waals surface area contributed by atoms with Gasteiger partial charge in [0.2, 0.25) is 0 Å². The van der Waals surface area contributed by atoms with E-state index in [1.54, 1.807) is 24.3 Å². The maximum atomic E-state index is 12.8. The van der Waals surface area contributed by atoms with Crippen molar-refractivity contribution in [2.75, 3.05) is 24.5 Å². The number of benzene rings is 2. The van der Waals surface area contributed by atoms with Gasteiger partial charge in [0.25, 0.3) is 11.8 Å². The van der Waals surface area contributed by atoms with E-state index < -0.39 is 0 Å². The lowest BCUT2D eigenvalue weighted by atomic mass is 10.1. The van der Waals surface area contributed by atoms with Crippen LogP contribution in [-0.2, 0) is 11.2 Å². The van der Waals surface area contributed by atoms with Crippen LogP contribution in [0.1, 0.15) is 33.7 Å². The molecule has 2 N–H and O–H groups in total. The number of para-hydroxylation sites is 1. The van der Waals surface area contributed by atoms with Gasteiger partial charge in [0.15, 0.2) is 0 Å². The molecule has 164 valence electrons. The fraction of sp³-hybridized carbons (Fsp3) is 0.231. The summed E-state index contributed by atoms with van der Waals surface area (Å²) in [7, 11) is 0. The predicted octanol–water partition coefficient (Wildman–Crippen LogP) is 3.93. The third-order valence-corrected chi connectivity index (χ3v) is 5.51. The second kappa shape index (κ2) is 10.0. The Morgan fingerprint density at radius 2 is 1.88 bits per heavy atom. The minimum Gasteiger partial charge on any atom is -0.465 e. The topological polar surface area (TPSA) is 74.6 Å². The molecule has 6 heteroatoms. The Balaban J connectivity index is 1.35. The molecule has 1 aliphatic heterocycles. The minimum atomic E-state index is -0.344. The van der Waals surface area contributed by atoms with E-state index in [9.17, 15) is 9.59 Å². The van der Waals surface area contributed by atoms with Crippen LogP contribution in [0, 0.1) is 6.92 Å². The van der Waals surface area contributed by atoms with Gasteiger partial charge in [-0.2, -0.15) is 0 Å². The molecule has 2 amide bonds. The molecule has 0 radical (unpaired) electrons. The number of nitrogens with one attached hydrogen (secondary N) is 2. The summed E-state index contributed by atoms with van der Waals surface area (Å²) in [6.07, 6.45) is 4.93. The molecule has 2 aromatic carbocycles. The molecule has 0 unspecified atom stereocenters. The molecule has 0 atom stereocenters. The van der Waals surface area contributed by atoms with Gasteiger partial charge in [-0.25, -0.2) is 0 Å². The van der Waals surface area contributed by atoms with Gasteiger partial charge in [0.05, 0.1) is 6.26 Å². The number of furan rings is 1. The third-order valence-electron chi connectivity index (χ3n) is 5.51. The highest BCUT2D eigenvalue weighted by molar-refractivity contribution is 6.05. The van der Waals surface area contributed by atoms with Crippen LogP contribution in [0.3, 0.4) is 0 Å². The lowest BCUT2D eigenvalue weighted by molar-refractivity contribution is -0.117. The maximum Gasteiger partial charge on any atom is 0.267 e. The Hall–Kier alpha value is -3.80. The normalized spacial score (nSPS) is 13.0. The highest BCUT2D eigenvalue weighted by Crippen LogP contribution is 2.27. The van der Waals surface area contributed by atoms with Crippen LogP contribution in [-0.4, -0.2) is 31.4 Å². The molecule has 0 saturated carbocycles. The van der Waals surface area contributed by atoms with Crippen LogP contribution in [0.15, 0.2) is 77.0 Å². The van der Waals surface area contributed by atoms with Crippen molar-refractivity contribution in [3.05, 3.63) is 95.1 Å². The molecule has 2 heterocycles. The molecule has 1 aromatic heterocycles. The van der Waals surface area contributed by atoms with E-state index in [-0.39, 0.29) is 17.5 Å². The number of rotatable bonds is 8. The summed E-state index contributed by atoms with van der Waals surface area (Å²) in [6.45, 7) is 4.33. The Labute approximate surface area is 187 Å². The average Bonchev–Trinajstić information content (AvgIpc) is 3.46. The molecule has 1 aliphatic rings. The lowest BCUT2D eigenvalue weighted by Gasteiger charge is -2.19. The standard InChI is InChI=1S/C26H27N3O3/c1-19-9-11-21(12-10-19)25(30)28-23(18-22-7-4-17-32-22)26(31)27-14-5-15-29-16-13-20-6-2-3-8-24(20)29/h2-4,6-12,17-18H,5,13-16H2,1H3,(H,27,31)(H,28,30)/b23-18-. The first-order valence-electron chi connectivity index (χ1n) is 10.8. The highest BCUT2D eigenvalue weighted by Gasteiger charge is 2.18. The summed E-state index contributed by atoms with van der Waals surface area (Å²) in [4.78, 5) is 27.8. The smallest absolute Gasteiger partial charge is 0.267 e. The Morgan fingerprint density at radius 1 is 1.06 bits per heavy atom. The molecule has 32 heavy (non-hydrogen) atoms. The molecule has 0 bridgehead atoms. The number of nitrogens with zero attached hydrogens (tertiary/aromatic N) is 1. The van der Waals surface area contributed by atoms with Crippen LogP contribution in [0.4, 0.5) is 5.69 Å². The monoisotopic (exact) mass is 429 g/mol. The van der Waals surface area contributed by atoms with Crippen LogP contribution in [0.25, 0.3) is 6.08 Å². The van der Waals surface area contributed by atoms with E-state index in [2.05, 4.69) is 39.8 Å². The number of amides is 2. The number of hydrogen-bond donors (Lipinski definition) is 2. The van der Waals surface area contributed by atoms with Crippen molar-refractivity contribution >= 4 is 23.6 Å². The van der Waals surface area contributed by atoms with Gasteiger partial charge in [-0.1, -0.05) is 35.9 Å². The van der Waals surface area contributed by atoms with Crippen molar-refractivity contribution in [3.63, 3.8) is 0 Å². The van der Waals surface area contributed by atoms with Crippen LogP contribution in [0.2, 0.25) is 0 Å². The number of fused-ring (bicyclic) bond motifs is 1. The van der Waals surface area contributed by atoms with E-state index in [1.165, 1.54) is 23.6 Å². The molecular formula is C26H27N3O3. The van der Waals surface area contributed by atoms with Gasteiger partial charge in [-0.15, -0.1) is 0 Å². The van der Waals surface area contributed by atoms with E-state index in [4.69, 9.17) is 4.42 Å². The van der Waals surface area contributed by atoms with Gasteiger partial charge in [-0.05, 0) is 55.7 Å². The summed E-state index contributed by atoms with van der Waals surface area (Å²) >= 11 is 0. The second-order valence-electron chi connectivity index (χ2n) is 7.87. The van der Waals surface area contributed by atoms with Crippen LogP contribution < -0.4 is 15.5 Å². The van der Waals surface area contributed by atoms with Crippen LogP contribution in [0.5, 0.6) is 0 Å².